The second-order valence-electron chi connectivity index (χ2n) is 11.4. The van der Waals surface area contributed by atoms with E-state index < -0.39 is 0 Å². The van der Waals surface area contributed by atoms with Crippen LogP contribution in [0, 0.1) is 0 Å². The van der Waals surface area contributed by atoms with Gasteiger partial charge >= 0.3 is 0 Å². The zero-order valence-corrected chi connectivity index (χ0v) is 24.5. The van der Waals surface area contributed by atoms with Crippen LogP contribution in [0.4, 0.5) is 17.1 Å². The van der Waals surface area contributed by atoms with Crippen LogP contribution in [0.2, 0.25) is 0 Å². The van der Waals surface area contributed by atoms with Crippen molar-refractivity contribution in [2.24, 2.45) is 0 Å². The third-order valence-electron chi connectivity index (χ3n) is 8.77. The zero-order valence-electron chi connectivity index (χ0n) is 24.5. The van der Waals surface area contributed by atoms with Crippen LogP contribution in [-0.2, 0) is 0 Å². The molecule has 0 fully saturated rings. The summed E-state index contributed by atoms with van der Waals surface area (Å²) >= 11 is 0. The average Bonchev–Trinajstić information content (AvgIpc) is 3.66. The molecule has 0 saturated heterocycles. The Morgan fingerprint density at radius 2 is 1.13 bits per heavy atom. The van der Waals surface area contributed by atoms with Gasteiger partial charge in [-0.1, -0.05) is 103 Å². The summed E-state index contributed by atoms with van der Waals surface area (Å²) < 4.78 is 8.72. The third kappa shape index (κ3) is 4.05. The summed E-state index contributed by atoms with van der Waals surface area (Å²) in [4.78, 5) is 2.36. The Morgan fingerprint density at radius 3 is 1.96 bits per heavy atom. The van der Waals surface area contributed by atoms with Crippen LogP contribution < -0.4 is 4.90 Å². The van der Waals surface area contributed by atoms with Gasteiger partial charge in [0.25, 0.3) is 0 Å². The van der Waals surface area contributed by atoms with E-state index in [1.165, 1.54) is 32.9 Å². The first-order valence-corrected chi connectivity index (χ1v) is 15.3. The summed E-state index contributed by atoms with van der Waals surface area (Å²) in [6.07, 6.45) is 0. The zero-order chi connectivity index (χ0) is 29.7. The van der Waals surface area contributed by atoms with Crippen LogP contribution in [0.5, 0.6) is 0 Å². The Morgan fingerprint density at radius 1 is 0.444 bits per heavy atom. The molecule has 7 aromatic carbocycles. The van der Waals surface area contributed by atoms with E-state index in [0.717, 1.165) is 44.7 Å². The van der Waals surface area contributed by atoms with Crippen molar-refractivity contribution in [2.75, 3.05) is 4.90 Å². The molecule has 0 unspecified atom stereocenters. The quantitative estimate of drug-likeness (QED) is 0.203. The molecule has 0 amide bonds. The molecule has 9 rings (SSSR count). The van der Waals surface area contributed by atoms with Gasteiger partial charge < -0.3 is 13.9 Å². The van der Waals surface area contributed by atoms with Crippen molar-refractivity contribution >= 4 is 60.8 Å². The SMILES string of the molecule is c1ccc(-c2cccc3c2c2cc(N(c4ccccc4)c4cccc5oc6ccccc6c45)ccc2n3-c2ccccc2)cc1. The maximum atomic E-state index is 6.33. The molecule has 0 atom stereocenters. The molecule has 3 nitrogen and oxygen atoms in total. The molecular formula is C42H28N2O. The number of hydrogen-bond acceptors (Lipinski definition) is 2. The summed E-state index contributed by atoms with van der Waals surface area (Å²) in [6.45, 7) is 0. The van der Waals surface area contributed by atoms with Gasteiger partial charge in [-0.3, -0.25) is 0 Å². The summed E-state index contributed by atoms with van der Waals surface area (Å²) in [6, 6.07) is 60.2. The lowest BCUT2D eigenvalue weighted by atomic mass is 9.99. The van der Waals surface area contributed by atoms with Gasteiger partial charge in [-0.2, -0.15) is 0 Å². The predicted octanol–water partition coefficient (Wildman–Crippen LogP) is 11.8. The number of hydrogen-bond donors (Lipinski definition) is 0. The first kappa shape index (κ1) is 25.4. The number of nitrogens with zero attached hydrogens (tertiary/aromatic N) is 2. The number of anilines is 3. The first-order valence-electron chi connectivity index (χ1n) is 15.3. The molecule has 0 bridgehead atoms. The monoisotopic (exact) mass is 576 g/mol. The molecule has 2 aromatic heterocycles. The molecule has 0 N–H and O–H groups in total. The Labute approximate surface area is 260 Å². The van der Waals surface area contributed by atoms with Crippen molar-refractivity contribution in [1.29, 1.82) is 0 Å². The third-order valence-corrected chi connectivity index (χ3v) is 8.77. The van der Waals surface area contributed by atoms with Crippen LogP contribution >= 0.6 is 0 Å². The Balaban J connectivity index is 1.38. The number of benzene rings is 7. The first-order chi connectivity index (χ1) is 22.3. The van der Waals surface area contributed by atoms with Gasteiger partial charge in [0.2, 0.25) is 0 Å². The fourth-order valence-corrected chi connectivity index (χ4v) is 6.86. The standard InChI is InChI=1S/C42H28N2O/c1-4-14-29(15-5-1)33-21-12-22-37-41(33)35-28-32(26-27-36(35)44(37)31-18-8-3-9-19-31)43(30-16-6-2-7-17-30)38-23-13-25-40-42(38)34-20-10-11-24-39(34)45-40/h1-28H. The van der Waals surface area contributed by atoms with E-state index in [-0.39, 0.29) is 0 Å². The fraction of sp³-hybridized carbons (Fsp3) is 0. The van der Waals surface area contributed by atoms with Crippen LogP contribution in [0.25, 0.3) is 60.6 Å². The van der Waals surface area contributed by atoms with E-state index in [9.17, 15) is 0 Å². The van der Waals surface area contributed by atoms with Gasteiger partial charge in [0.15, 0.2) is 0 Å². The van der Waals surface area contributed by atoms with E-state index in [4.69, 9.17) is 4.42 Å². The number of aromatic nitrogens is 1. The van der Waals surface area contributed by atoms with Crippen molar-refractivity contribution < 1.29 is 4.42 Å². The molecule has 0 aliphatic carbocycles. The summed E-state index contributed by atoms with van der Waals surface area (Å²) in [5, 5.41) is 4.66. The Bertz CT molecular complexity index is 2470. The summed E-state index contributed by atoms with van der Waals surface area (Å²) in [5.74, 6) is 0. The molecule has 3 heteroatoms. The molecule has 0 saturated carbocycles. The summed E-state index contributed by atoms with van der Waals surface area (Å²) in [7, 11) is 0. The van der Waals surface area contributed by atoms with Crippen molar-refractivity contribution in [3.8, 4) is 16.8 Å². The molecule has 0 aliphatic heterocycles. The average molecular weight is 577 g/mol. The molecule has 45 heavy (non-hydrogen) atoms. The fourth-order valence-electron chi connectivity index (χ4n) is 6.86. The van der Waals surface area contributed by atoms with Crippen molar-refractivity contribution in [2.45, 2.75) is 0 Å². The van der Waals surface area contributed by atoms with Crippen LogP contribution in [0.3, 0.4) is 0 Å². The van der Waals surface area contributed by atoms with Gasteiger partial charge in [-0.15, -0.1) is 0 Å². The lowest BCUT2D eigenvalue weighted by Crippen LogP contribution is -2.10. The van der Waals surface area contributed by atoms with Gasteiger partial charge in [0, 0.05) is 33.2 Å². The number of rotatable bonds is 5. The lowest BCUT2D eigenvalue weighted by molar-refractivity contribution is 0.669. The lowest BCUT2D eigenvalue weighted by Gasteiger charge is -2.26. The van der Waals surface area contributed by atoms with Crippen LogP contribution in [-0.4, -0.2) is 4.57 Å². The number of furan rings is 1. The Kier molecular flexibility index (Phi) is 5.82. The second-order valence-corrected chi connectivity index (χ2v) is 11.4. The van der Waals surface area contributed by atoms with E-state index in [1.807, 2.05) is 12.1 Å². The highest BCUT2D eigenvalue weighted by Gasteiger charge is 2.22. The number of para-hydroxylation sites is 3. The van der Waals surface area contributed by atoms with Gasteiger partial charge in [-0.25, -0.2) is 0 Å². The molecule has 0 radical (unpaired) electrons. The van der Waals surface area contributed by atoms with Gasteiger partial charge in [0.1, 0.15) is 11.2 Å². The normalized spacial score (nSPS) is 11.6. The second kappa shape index (κ2) is 10.3. The molecule has 2 heterocycles. The minimum atomic E-state index is 0.878. The van der Waals surface area contributed by atoms with Gasteiger partial charge in [0.05, 0.1) is 22.1 Å². The Hall–Kier alpha value is -6.06. The van der Waals surface area contributed by atoms with Crippen molar-refractivity contribution in [1.82, 2.24) is 4.57 Å². The molecular weight excluding hydrogens is 548 g/mol. The van der Waals surface area contributed by atoms with Crippen molar-refractivity contribution in [3.63, 3.8) is 0 Å². The minimum Gasteiger partial charge on any atom is -0.456 e. The molecule has 212 valence electrons. The van der Waals surface area contributed by atoms with Gasteiger partial charge in [-0.05, 0) is 77.9 Å². The van der Waals surface area contributed by atoms with E-state index in [2.05, 4.69) is 167 Å². The van der Waals surface area contributed by atoms with Crippen LogP contribution in [0.1, 0.15) is 0 Å². The highest BCUT2D eigenvalue weighted by atomic mass is 16.3. The van der Waals surface area contributed by atoms with E-state index in [0.29, 0.717) is 0 Å². The topological polar surface area (TPSA) is 21.3 Å². The predicted molar refractivity (Wildman–Crippen MR) is 188 cm³/mol. The highest BCUT2D eigenvalue weighted by molar-refractivity contribution is 6.18. The molecule has 0 aliphatic rings. The van der Waals surface area contributed by atoms with E-state index >= 15 is 0 Å². The van der Waals surface area contributed by atoms with Crippen molar-refractivity contribution in [3.05, 3.63) is 170 Å². The maximum Gasteiger partial charge on any atom is 0.137 e. The smallest absolute Gasteiger partial charge is 0.137 e. The van der Waals surface area contributed by atoms with Crippen LogP contribution in [0.15, 0.2) is 174 Å². The number of fused-ring (bicyclic) bond motifs is 6. The summed E-state index contributed by atoms with van der Waals surface area (Å²) in [5.41, 5.74) is 10.9. The molecule has 0 spiro atoms. The minimum absolute atomic E-state index is 0.878. The maximum absolute atomic E-state index is 6.33. The molecule has 9 aromatic rings. The van der Waals surface area contributed by atoms with E-state index in [1.54, 1.807) is 0 Å². The largest absolute Gasteiger partial charge is 0.456 e. The highest BCUT2D eigenvalue weighted by Crippen LogP contribution is 2.45.